The Kier molecular flexibility index (Phi) is 2.59. The van der Waals surface area contributed by atoms with E-state index < -0.39 is 5.54 Å². The molecule has 1 aliphatic rings. The molecule has 0 aromatic rings. The van der Waals surface area contributed by atoms with E-state index in [1.54, 1.807) is 6.92 Å². The molecule has 74 valence electrons. The lowest BCUT2D eigenvalue weighted by atomic mass is 9.92. The molecule has 4 nitrogen and oxygen atoms in total. The predicted octanol–water partition coefficient (Wildman–Crippen LogP) is 1.02. The van der Waals surface area contributed by atoms with Crippen molar-refractivity contribution in [3.05, 3.63) is 0 Å². The standard InChI is InChI=1S/C9H16N2O2/c1-6(2)4-5-9(3)7(12)10-8(13)11-9/h6H,4-5H2,1-3H3,(H2,10,11,12,13)/t9-/m1/s1. The molecule has 1 atom stereocenters. The van der Waals surface area contributed by atoms with Gasteiger partial charge in [0.2, 0.25) is 0 Å². The molecule has 1 heterocycles. The highest BCUT2D eigenvalue weighted by atomic mass is 16.2. The number of amides is 3. The molecule has 1 fully saturated rings. The van der Waals surface area contributed by atoms with Crippen molar-refractivity contribution in [2.45, 2.75) is 39.2 Å². The zero-order chi connectivity index (χ0) is 10.1. The molecular formula is C9H16N2O2. The first kappa shape index (κ1) is 10.0. The van der Waals surface area contributed by atoms with Crippen LogP contribution in [0.3, 0.4) is 0 Å². The van der Waals surface area contributed by atoms with E-state index in [2.05, 4.69) is 24.5 Å². The summed E-state index contributed by atoms with van der Waals surface area (Å²) in [6.07, 6.45) is 1.63. The van der Waals surface area contributed by atoms with Gasteiger partial charge in [-0.1, -0.05) is 13.8 Å². The van der Waals surface area contributed by atoms with E-state index in [1.807, 2.05) is 0 Å². The van der Waals surface area contributed by atoms with Crippen LogP contribution in [0.5, 0.6) is 0 Å². The fraction of sp³-hybridized carbons (Fsp3) is 0.778. The highest BCUT2D eigenvalue weighted by Crippen LogP contribution is 2.19. The van der Waals surface area contributed by atoms with Crippen LogP contribution in [-0.2, 0) is 4.79 Å². The Morgan fingerprint density at radius 1 is 1.38 bits per heavy atom. The van der Waals surface area contributed by atoms with Crippen LogP contribution in [0.1, 0.15) is 33.6 Å². The molecule has 0 aromatic heterocycles. The molecule has 4 heteroatoms. The summed E-state index contributed by atoms with van der Waals surface area (Å²) in [7, 11) is 0. The maximum absolute atomic E-state index is 11.3. The molecule has 0 aromatic carbocycles. The van der Waals surface area contributed by atoms with Gasteiger partial charge in [0.1, 0.15) is 5.54 Å². The SMILES string of the molecule is CC(C)CC[C@@]1(C)NC(=O)NC1=O. The second kappa shape index (κ2) is 3.36. The van der Waals surface area contributed by atoms with Gasteiger partial charge in [0.25, 0.3) is 5.91 Å². The summed E-state index contributed by atoms with van der Waals surface area (Å²) >= 11 is 0. The maximum Gasteiger partial charge on any atom is 0.322 e. The molecule has 0 saturated carbocycles. The minimum absolute atomic E-state index is 0.210. The Morgan fingerprint density at radius 2 is 2.00 bits per heavy atom. The molecule has 1 saturated heterocycles. The number of nitrogens with one attached hydrogen (secondary N) is 2. The van der Waals surface area contributed by atoms with Gasteiger partial charge < -0.3 is 5.32 Å². The lowest BCUT2D eigenvalue weighted by Crippen LogP contribution is -2.43. The Morgan fingerprint density at radius 3 is 2.38 bits per heavy atom. The van der Waals surface area contributed by atoms with E-state index in [-0.39, 0.29) is 11.9 Å². The van der Waals surface area contributed by atoms with Gasteiger partial charge in [-0.15, -0.1) is 0 Å². The van der Waals surface area contributed by atoms with Gasteiger partial charge in [-0.05, 0) is 25.7 Å². The van der Waals surface area contributed by atoms with Gasteiger partial charge >= 0.3 is 6.03 Å². The summed E-state index contributed by atoms with van der Waals surface area (Å²) in [5.41, 5.74) is -0.693. The summed E-state index contributed by atoms with van der Waals surface area (Å²) in [6, 6.07) is -0.378. The third kappa shape index (κ3) is 2.20. The number of rotatable bonds is 3. The van der Waals surface area contributed by atoms with Crippen LogP contribution in [-0.4, -0.2) is 17.5 Å². The first-order chi connectivity index (χ1) is 5.94. The van der Waals surface area contributed by atoms with Gasteiger partial charge in [0, 0.05) is 0 Å². The minimum atomic E-state index is -0.693. The number of hydrogen-bond acceptors (Lipinski definition) is 2. The quantitative estimate of drug-likeness (QED) is 0.643. The topological polar surface area (TPSA) is 58.2 Å². The molecule has 3 amide bonds. The molecule has 0 aliphatic carbocycles. The zero-order valence-corrected chi connectivity index (χ0v) is 8.31. The van der Waals surface area contributed by atoms with Crippen molar-refractivity contribution in [3.63, 3.8) is 0 Å². The van der Waals surface area contributed by atoms with Crippen LogP contribution < -0.4 is 10.6 Å². The number of carbonyl (C=O) groups is 2. The summed E-state index contributed by atoms with van der Waals surface area (Å²) in [6.45, 7) is 5.95. The van der Waals surface area contributed by atoms with Crippen molar-refractivity contribution in [2.24, 2.45) is 5.92 Å². The fourth-order valence-electron chi connectivity index (χ4n) is 1.33. The lowest BCUT2D eigenvalue weighted by molar-refractivity contribution is -0.123. The van der Waals surface area contributed by atoms with Crippen LogP contribution in [0.4, 0.5) is 4.79 Å². The highest BCUT2D eigenvalue weighted by Gasteiger charge is 2.41. The molecule has 1 aliphatic heterocycles. The fourth-order valence-corrected chi connectivity index (χ4v) is 1.33. The average Bonchev–Trinajstić information content (AvgIpc) is 2.23. The Balaban J connectivity index is 2.55. The van der Waals surface area contributed by atoms with Crippen molar-refractivity contribution >= 4 is 11.9 Å². The van der Waals surface area contributed by atoms with Crippen molar-refractivity contribution in [2.75, 3.05) is 0 Å². The molecular weight excluding hydrogens is 168 g/mol. The zero-order valence-electron chi connectivity index (χ0n) is 8.31. The summed E-state index contributed by atoms with van der Waals surface area (Å²) in [5, 5.41) is 4.88. The van der Waals surface area contributed by atoms with E-state index in [4.69, 9.17) is 0 Å². The first-order valence-electron chi connectivity index (χ1n) is 4.57. The van der Waals surface area contributed by atoms with Gasteiger partial charge in [-0.25, -0.2) is 4.79 Å². The molecule has 1 rings (SSSR count). The van der Waals surface area contributed by atoms with E-state index >= 15 is 0 Å². The Hall–Kier alpha value is -1.06. The van der Waals surface area contributed by atoms with Crippen molar-refractivity contribution in [1.82, 2.24) is 10.6 Å². The number of hydrogen-bond donors (Lipinski definition) is 2. The third-order valence-corrected chi connectivity index (χ3v) is 2.34. The first-order valence-corrected chi connectivity index (χ1v) is 4.57. The van der Waals surface area contributed by atoms with E-state index in [0.29, 0.717) is 12.3 Å². The van der Waals surface area contributed by atoms with Crippen molar-refractivity contribution in [3.8, 4) is 0 Å². The van der Waals surface area contributed by atoms with Crippen LogP contribution in [0.15, 0.2) is 0 Å². The summed E-state index contributed by atoms with van der Waals surface area (Å²) < 4.78 is 0. The van der Waals surface area contributed by atoms with Gasteiger partial charge in [0.15, 0.2) is 0 Å². The van der Waals surface area contributed by atoms with Gasteiger partial charge in [-0.3, -0.25) is 10.1 Å². The van der Waals surface area contributed by atoms with Crippen molar-refractivity contribution in [1.29, 1.82) is 0 Å². The van der Waals surface area contributed by atoms with Crippen molar-refractivity contribution < 1.29 is 9.59 Å². The van der Waals surface area contributed by atoms with Crippen LogP contribution in [0, 0.1) is 5.92 Å². The van der Waals surface area contributed by atoms with Gasteiger partial charge in [-0.2, -0.15) is 0 Å². The van der Waals surface area contributed by atoms with E-state index in [9.17, 15) is 9.59 Å². The highest BCUT2D eigenvalue weighted by molar-refractivity contribution is 6.06. The lowest BCUT2D eigenvalue weighted by Gasteiger charge is -2.21. The van der Waals surface area contributed by atoms with Gasteiger partial charge in [0.05, 0.1) is 0 Å². The minimum Gasteiger partial charge on any atom is -0.324 e. The van der Waals surface area contributed by atoms with Crippen LogP contribution in [0.2, 0.25) is 0 Å². The largest absolute Gasteiger partial charge is 0.324 e. The number of imide groups is 1. The predicted molar refractivity (Wildman–Crippen MR) is 49.2 cm³/mol. The smallest absolute Gasteiger partial charge is 0.322 e. The second-order valence-electron chi connectivity index (χ2n) is 4.17. The average molecular weight is 184 g/mol. The Labute approximate surface area is 78.1 Å². The Bertz CT molecular complexity index is 238. The molecule has 2 N–H and O–H groups in total. The number of carbonyl (C=O) groups excluding carboxylic acids is 2. The summed E-state index contributed by atoms with van der Waals surface area (Å²) in [5.74, 6) is 0.334. The maximum atomic E-state index is 11.3. The number of urea groups is 1. The molecule has 0 radical (unpaired) electrons. The second-order valence-corrected chi connectivity index (χ2v) is 4.17. The molecule has 0 spiro atoms. The summed E-state index contributed by atoms with van der Waals surface area (Å²) in [4.78, 5) is 22.2. The molecule has 0 bridgehead atoms. The third-order valence-electron chi connectivity index (χ3n) is 2.34. The van der Waals surface area contributed by atoms with E-state index in [1.165, 1.54) is 0 Å². The molecule has 0 unspecified atom stereocenters. The normalized spacial score (nSPS) is 27.7. The van der Waals surface area contributed by atoms with E-state index in [0.717, 1.165) is 6.42 Å². The monoisotopic (exact) mass is 184 g/mol. The molecule has 13 heavy (non-hydrogen) atoms. The van der Waals surface area contributed by atoms with Crippen LogP contribution in [0.25, 0.3) is 0 Å². The van der Waals surface area contributed by atoms with Crippen LogP contribution >= 0.6 is 0 Å².